The second-order valence-electron chi connectivity index (χ2n) is 7.01. The highest BCUT2D eigenvalue weighted by Gasteiger charge is 2.39. The molecule has 1 aliphatic carbocycles. The minimum Gasteiger partial charge on any atom is -0.477 e. The van der Waals surface area contributed by atoms with Gasteiger partial charge in [0.05, 0.1) is 11.9 Å². The second kappa shape index (κ2) is 6.72. The number of anilines is 1. The predicted molar refractivity (Wildman–Crippen MR) is 98.2 cm³/mol. The van der Waals surface area contributed by atoms with Gasteiger partial charge < -0.3 is 20.3 Å². The number of hydrogen-bond donors (Lipinski definition) is 2. The summed E-state index contributed by atoms with van der Waals surface area (Å²) in [5.41, 5.74) is 2.91. The number of hydrogen-bond acceptors (Lipinski definition) is 5. The standard InChI is InChI=1S/C17H18F2N4O3.ClH/c18-12-5-10-13(24)11(16(25)26)6-23(9-1-2-9)14(10)21-15(12)22-4-3-17(19,7-20)8-22;/h5-6,9H,1-4,7-8,20H2,(H,25,26);1H. The maximum Gasteiger partial charge on any atom is 0.341 e. The first-order valence-corrected chi connectivity index (χ1v) is 8.45. The molecule has 7 nitrogen and oxygen atoms in total. The summed E-state index contributed by atoms with van der Waals surface area (Å²) in [4.78, 5) is 29.5. The Kier molecular flexibility index (Phi) is 4.85. The molecule has 0 aromatic carbocycles. The second-order valence-corrected chi connectivity index (χ2v) is 7.01. The van der Waals surface area contributed by atoms with Crippen molar-refractivity contribution in [1.82, 2.24) is 9.55 Å². The van der Waals surface area contributed by atoms with Crippen molar-refractivity contribution in [1.29, 1.82) is 0 Å². The fraction of sp³-hybridized carbons (Fsp3) is 0.471. The Balaban J connectivity index is 0.00000210. The fourth-order valence-corrected chi connectivity index (χ4v) is 3.43. The van der Waals surface area contributed by atoms with Gasteiger partial charge in [0.25, 0.3) is 0 Å². The van der Waals surface area contributed by atoms with E-state index in [0.29, 0.717) is 0 Å². The van der Waals surface area contributed by atoms with Crippen LogP contribution in [0.1, 0.15) is 35.7 Å². The quantitative estimate of drug-likeness (QED) is 0.812. The summed E-state index contributed by atoms with van der Waals surface area (Å²) in [7, 11) is 0. The molecule has 0 radical (unpaired) electrons. The molecule has 0 amide bonds. The van der Waals surface area contributed by atoms with E-state index in [0.717, 1.165) is 18.9 Å². The molecule has 1 saturated heterocycles. The van der Waals surface area contributed by atoms with Crippen LogP contribution in [-0.4, -0.2) is 45.9 Å². The molecule has 3 N–H and O–H groups in total. The number of rotatable bonds is 4. The Labute approximate surface area is 159 Å². The van der Waals surface area contributed by atoms with Gasteiger partial charge >= 0.3 is 5.97 Å². The summed E-state index contributed by atoms with van der Waals surface area (Å²) < 4.78 is 30.7. The monoisotopic (exact) mass is 400 g/mol. The zero-order valence-electron chi connectivity index (χ0n) is 14.3. The van der Waals surface area contributed by atoms with Gasteiger partial charge in [0.15, 0.2) is 11.6 Å². The molecule has 2 aliphatic rings. The van der Waals surface area contributed by atoms with E-state index in [1.165, 1.54) is 11.1 Å². The zero-order chi connectivity index (χ0) is 18.6. The molecule has 1 saturated carbocycles. The Morgan fingerprint density at radius 2 is 2.15 bits per heavy atom. The number of aromatic nitrogens is 2. The number of carbonyl (C=O) groups is 1. The fourth-order valence-electron chi connectivity index (χ4n) is 3.43. The van der Waals surface area contributed by atoms with Crippen LogP contribution < -0.4 is 16.1 Å². The van der Waals surface area contributed by atoms with Crippen LogP contribution in [0.15, 0.2) is 17.1 Å². The lowest BCUT2D eigenvalue weighted by atomic mass is 10.1. The van der Waals surface area contributed by atoms with E-state index in [2.05, 4.69) is 4.98 Å². The largest absolute Gasteiger partial charge is 0.477 e. The zero-order valence-corrected chi connectivity index (χ0v) is 15.1. The number of nitrogens with zero attached hydrogens (tertiary/aromatic N) is 3. The molecule has 27 heavy (non-hydrogen) atoms. The predicted octanol–water partition coefficient (Wildman–Crippen LogP) is 1.87. The Morgan fingerprint density at radius 1 is 1.44 bits per heavy atom. The van der Waals surface area contributed by atoms with Gasteiger partial charge in [-0.05, 0) is 18.9 Å². The lowest BCUT2D eigenvalue weighted by molar-refractivity contribution is 0.0695. The first kappa shape index (κ1) is 19.5. The van der Waals surface area contributed by atoms with Crippen molar-refractivity contribution < 1.29 is 18.7 Å². The van der Waals surface area contributed by atoms with E-state index in [9.17, 15) is 23.5 Å². The first-order valence-electron chi connectivity index (χ1n) is 8.45. The average molecular weight is 401 g/mol. The van der Waals surface area contributed by atoms with Crippen molar-refractivity contribution in [3.05, 3.63) is 33.9 Å². The number of carboxylic acid groups (broad SMARTS) is 1. The van der Waals surface area contributed by atoms with Crippen molar-refractivity contribution in [3.63, 3.8) is 0 Å². The van der Waals surface area contributed by atoms with Crippen LogP contribution in [0.3, 0.4) is 0 Å². The van der Waals surface area contributed by atoms with Crippen molar-refractivity contribution >= 4 is 35.2 Å². The Morgan fingerprint density at radius 3 is 2.70 bits per heavy atom. The van der Waals surface area contributed by atoms with Crippen LogP contribution in [-0.2, 0) is 0 Å². The molecule has 0 spiro atoms. The summed E-state index contributed by atoms with van der Waals surface area (Å²) >= 11 is 0. The number of nitrogens with two attached hydrogens (primary N) is 1. The molecule has 146 valence electrons. The van der Waals surface area contributed by atoms with Crippen LogP contribution in [0.2, 0.25) is 0 Å². The number of pyridine rings is 2. The molecular formula is C17H19ClF2N4O3. The van der Waals surface area contributed by atoms with E-state index in [1.807, 2.05) is 0 Å². The van der Waals surface area contributed by atoms with Gasteiger partial charge in [0.2, 0.25) is 5.43 Å². The number of fused-ring (bicyclic) bond motifs is 1. The van der Waals surface area contributed by atoms with Crippen LogP contribution in [0.5, 0.6) is 0 Å². The smallest absolute Gasteiger partial charge is 0.341 e. The SMILES string of the molecule is Cl.NCC1(F)CCN(c2nc3c(cc2F)c(=O)c(C(=O)O)cn3C2CC2)C1. The number of aromatic carboxylic acids is 1. The van der Waals surface area contributed by atoms with Crippen molar-refractivity contribution in [2.45, 2.75) is 31.0 Å². The Hall–Kier alpha value is -2.26. The van der Waals surface area contributed by atoms with Crippen molar-refractivity contribution in [2.24, 2.45) is 5.73 Å². The van der Waals surface area contributed by atoms with Crippen LogP contribution in [0.25, 0.3) is 11.0 Å². The summed E-state index contributed by atoms with van der Waals surface area (Å²) in [5, 5.41) is 9.16. The normalized spacial score (nSPS) is 22.1. The number of halogens is 3. The molecule has 2 aromatic heterocycles. The minimum absolute atomic E-state index is 0. The van der Waals surface area contributed by atoms with Gasteiger partial charge in [-0.2, -0.15) is 0 Å². The maximum atomic E-state index is 14.6. The summed E-state index contributed by atoms with van der Waals surface area (Å²) in [6.45, 7) is 0.0389. The topological polar surface area (TPSA) is 101 Å². The summed E-state index contributed by atoms with van der Waals surface area (Å²) in [6.07, 6.45) is 3.10. The molecule has 2 fully saturated rings. The molecule has 2 aromatic rings. The van der Waals surface area contributed by atoms with E-state index in [-0.39, 0.29) is 61.4 Å². The third kappa shape index (κ3) is 3.25. The highest BCUT2D eigenvalue weighted by Crippen LogP contribution is 2.37. The highest BCUT2D eigenvalue weighted by molar-refractivity contribution is 5.92. The van der Waals surface area contributed by atoms with E-state index >= 15 is 0 Å². The maximum absolute atomic E-state index is 14.6. The molecular weight excluding hydrogens is 382 g/mol. The average Bonchev–Trinajstić information content (AvgIpc) is 3.37. The van der Waals surface area contributed by atoms with E-state index in [1.54, 1.807) is 4.57 Å². The van der Waals surface area contributed by atoms with Crippen LogP contribution in [0.4, 0.5) is 14.6 Å². The van der Waals surface area contributed by atoms with Gasteiger partial charge in [0, 0.05) is 31.7 Å². The minimum atomic E-state index is -1.59. The lowest BCUT2D eigenvalue weighted by Gasteiger charge is -2.21. The third-order valence-electron chi connectivity index (χ3n) is 5.08. The first-order chi connectivity index (χ1) is 12.3. The van der Waals surface area contributed by atoms with Gasteiger partial charge in [0.1, 0.15) is 16.9 Å². The van der Waals surface area contributed by atoms with E-state index < -0.39 is 28.4 Å². The summed E-state index contributed by atoms with van der Waals surface area (Å²) in [5.74, 6) is -2.18. The number of alkyl halides is 1. The van der Waals surface area contributed by atoms with Crippen LogP contribution in [0, 0.1) is 5.82 Å². The van der Waals surface area contributed by atoms with Gasteiger partial charge in [-0.1, -0.05) is 0 Å². The van der Waals surface area contributed by atoms with Gasteiger partial charge in [-0.15, -0.1) is 12.4 Å². The molecule has 1 aliphatic heterocycles. The summed E-state index contributed by atoms with van der Waals surface area (Å²) in [6, 6.07) is 1.04. The number of carboxylic acids is 1. The molecule has 1 unspecified atom stereocenters. The molecule has 10 heteroatoms. The highest BCUT2D eigenvalue weighted by atomic mass is 35.5. The van der Waals surface area contributed by atoms with Crippen molar-refractivity contribution in [3.8, 4) is 0 Å². The van der Waals surface area contributed by atoms with Gasteiger partial charge in [-0.3, -0.25) is 4.79 Å². The molecule has 0 bridgehead atoms. The lowest BCUT2D eigenvalue weighted by Crippen LogP contribution is -2.36. The van der Waals surface area contributed by atoms with Crippen LogP contribution >= 0.6 is 12.4 Å². The third-order valence-corrected chi connectivity index (χ3v) is 5.08. The molecule has 1 atom stereocenters. The molecule has 3 heterocycles. The van der Waals surface area contributed by atoms with E-state index in [4.69, 9.17) is 5.73 Å². The van der Waals surface area contributed by atoms with Crippen molar-refractivity contribution in [2.75, 3.05) is 24.5 Å². The van der Waals surface area contributed by atoms with Gasteiger partial charge in [-0.25, -0.2) is 18.6 Å². The molecule has 4 rings (SSSR count). The Bertz CT molecular complexity index is 979.